The molecule has 4 rings (SSSR count). The molecule has 2 heterocycles. The van der Waals surface area contributed by atoms with E-state index in [1.54, 1.807) is 18.2 Å². The van der Waals surface area contributed by atoms with Gasteiger partial charge in [-0.2, -0.15) is 4.31 Å². The zero-order valence-electron chi connectivity index (χ0n) is 16.8. The van der Waals surface area contributed by atoms with Crippen molar-refractivity contribution in [3.8, 4) is 0 Å². The Morgan fingerprint density at radius 2 is 1.45 bits per heavy atom. The van der Waals surface area contributed by atoms with Crippen molar-refractivity contribution in [3.63, 3.8) is 0 Å². The van der Waals surface area contributed by atoms with Gasteiger partial charge >= 0.3 is 0 Å². The summed E-state index contributed by atoms with van der Waals surface area (Å²) in [5, 5.41) is 0.404. The van der Waals surface area contributed by atoms with Crippen LogP contribution in [-0.2, 0) is 24.8 Å². The molecule has 2 saturated heterocycles. The van der Waals surface area contributed by atoms with Crippen molar-refractivity contribution in [1.82, 2.24) is 4.31 Å². The molecular formula is C20H24ClN3O5S2. The van der Waals surface area contributed by atoms with Gasteiger partial charge in [-0.3, -0.25) is 4.72 Å². The number of hydrogen-bond acceptors (Lipinski definition) is 6. The van der Waals surface area contributed by atoms with Gasteiger partial charge in [0.05, 0.1) is 34.4 Å². The molecule has 2 aliphatic rings. The van der Waals surface area contributed by atoms with Crippen LogP contribution in [0.15, 0.2) is 52.3 Å². The van der Waals surface area contributed by atoms with E-state index in [9.17, 15) is 16.8 Å². The molecule has 0 unspecified atom stereocenters. The largest absolute Gasteiger partial charge is 0.378 e. The van der Waals surface area contributed by atoms with Gasteiger partial charge in [-0.25, -0.2) is 16.8 Å². The van der Waals surface area contributed by atoms with Gasteiger partial charge in [0.25, 0.3) is 10.0 Å². The first-order valence-electron chi connectivity index (χ1n) is 10.0. The minimum absolute atomic E-state index is 0.0271. The number of nitrogens with zero attached hydrogens (tertiary/aromatic N) is 2. The first-order valence-corrected chi connectivity index (χ1v) is 13.3. The van der Waals surface area contributed by atoms with Gasteiger partial charge in [0.1, 0.15) is 0 Å². The molecular weight excluding hydrogens is 462 g/mol. The molecule has 0 radical (unpaired) electrons. The van der Waals surface area contributed by atoms with Crippen molar-refractivity contribution >= 4 is 43.0 Å². The van der Waals surface area contributed by atoms with Gasteiger partial charge in [0.15, 0.2) is 0 Å². The van der Waals surface area contributed by atoms with E-state index < -0.39 is 20.0 Å². The molecule has 0 aliphatic carbocycles. The Labute approximate surface area is 187 Å². The molecule has 2 fully saturated rings. The SMILES string of the molecule is O=S(=O)(Nc1cc(Cl)ccc1N1CCOCC1)c1ccc(S(=O)(=O)N2CCCC2)cc1. The van der Waals surface area contributed by atoms with Gasteiger partial charge < -0.3 is 9.64 Å². The lowest BCUT2D eigenvalue weighted by molar-refractivity contribution is 0.123. The van der Waals surface area contributed by atoms with E-state index in [2.05, 4.69) is 4.72 Å². The van der Waals surface area contributed by atoms with Gasteiger partial charge in [-0.1, -0.05) is 11.6 Å². The summed E-state index contributed by atoms with van der Waals surface area (Å²) in [6.07, 6.45) is 1.67. The molecule has 2 aromatic carbocycles. The molecule has 2 aliphatic heterocycles. The number of anilines is 2. The molecule has 0 aromatic heterocycles. The fourth-order valence-electron chi connectivity index (χ4n) is 3.74. The van der Waals surface area contributed by atoms with Crippen molar-refractivity contribution in [2.75, 3.05) is 49.0 Å². The van der Waals surface area contributed by atoms with E-state index in [1.807, 2.05) is 4.90 Å². The molecule has 8 nitrogen and oxygen atoms in total. The monoisotopic (exact) mass is 485 g/mol. The zero-order valence-corrected chi connectivity index (χ0v) is 19.2. The highest BCUT2D eigenvalue weighted by Gasteiger charge is 2.28. The van der Waals surface area contributed by atoms with E-state index in [0.717, 1.165) is 12.8 Å². The second-order valence-corrected chi connectivity index (χ2v) is 11.5. The summed E-state index contributed by atoms with van der Waals surface area (Å²) in [7, 11) is -7.55. The van der Waals surface area contributed by atoms with Gasteiger partial charge in [-0.15, -0.1) is 0 Å². The summed E-state index contributed by atoms with van der Waals surface area (Å²) in [5.74, 6) is 0. The molecule has 0 bridgehead atoms. The Morgan fingerprint density at radius 3 is 2.10 bits per heavy atom. The van der Waals surface area contributed by atoms with Crippen LogP contribution in [0.1, 0.15) is 12.8 Å². The number of sulfonamides is 2. The maximum atomic E-state index is 13.0. The standard InChI is InChI=1S/C20H24ClN3O5S2/c21-16-3-8-20(23-11-13-29-14-12-23)19(15-16)22-30(25,26)17-4-6-18(7-5-17)31(27,28)24-9-1-2-10-24/h3-8,15,22H,1-2,9-14H2. The van der Waals surface area contributed by atoms with Crippen LogP contribution in [0, 0.1) is 0 Å². The van der Waals surface area contributed by atoms with E-state index in [4.69, 9.17) is 16.3 Å². The second-order valence-electron chi connectivity index (χ2n) is 7.45. The highest BCUT2D eigenvalue weighted by molar-refractivity contribution is 7.92. The van der Waals surface area contributed by atoms with Gasteiger partial charge in [-0.05, 0) is 55.3 Å². The third-order valence-corrected chi connectivity index (χ3v) is 8.92. The quantitative estimate of drug-likeness (QED) is 0.675. The molecule has 0 atom stereocenters. The zero-order chi connectivity index (χ0) is 22.1. The molecule has 2 aromatic rings. The fourth-order valence-corrected chi connectivity index (χ4v) is 6.50. The maximum absolute atomic E-state index is 13.0. The average molecular weight is 486 g/mol. The fraction of sp³-hybridized carbons (Fsp3) is 0.400. The summed E-state index contributed by atoms with van der Waals surface area (Å²) in [5.41, 5.74) is 1.08. The summed E-state index contributed by atoms with van der Waals surface area (Å²) >= 11 is 6.11. The third kappa shape index (κ3) is 4.83. The Kier molecular flexibility index (Phi) is 6.45. The van der Waals surface area contributed by atoms with Crippen LogP contribution in [-0.4, -0.2) is 60.5 Å². The highest BCUT2D eigenvalue weighted by Crippen LogP contribution is 2.32. The van der Waals surface area contributed by atoms with Crippen LogP contribution in [0.3, 0.4) is 0 Å². The normalized spacial score (nSPS) is 18.3. The highest BCUT2D eigenvalue weighted by atomic mass is 35.5. The summed E-state index contributed by atoms with van der Waals surface area (Å²) in [6.45, 7) is 3.37. The Hall–Kier alpha value is -1.85. The minimum atomic E-state index is -3.95. The Balaban J connectivity index is 1.59. The van der Waals surface area contributed by atoms with E-state index in [0.29, 0.717) is 55.8 Å². The van der Waals surface area contributed by atoms with Crippen molar-refractivity contribution in [2.45, 2.75) is 22.6 Å². The van der Waals surface area contributed by atoms with E-state index in [-0.39, 0.29) is 9.79 Å². The third-order valence-electron chi connectivity index (χ3n) is 5.39. The van der Waals surface area contributed by atoms with E-state index >= 15 is 0 Å². The lowest BCUT2D eigenvalue weighted by atomic mass is 10.2. The summed E-state index contributed by atoms with van der Waals surface area (Å²) in [6, 6.07) is 10.3. The minimum Gasteiger partial charge on any atom is -0.378 e. The number of halogens is 1. The maximum Gasteiger partial charge on any atom is 0.261 e. The van der Waals surface area contributed by atoms with Crippen LogP contribution >= 0.6 is 11.6 Å². The van der Waals surface area contributed by atoms with Crippen LogP contribution in [0.4, 0.5) is 11.4 Å². The van der Waals surface area contributed by atoms with E-state index in [1.165, 1.54) is 28.6 Å². The van der Waals surface area contributed by atoms with Gasteiger partial charge in [0, 0.05) is 31.2 Å². The Morgan fingerprint density at radius 1 is 0.839 bits per heavy atom. The van der Waals surface area contributed by atoms with Crippen molar-refractivity contribution in [3.05, 3.63) is 47.5 Å². The number of ether oxygens (including phenoxy) is 1. The summed E-state index contributed by atoms with van der Waals surface area (Å²) < 4.78 is 60.8. The summed E-state index contributed by atoms with van der Waals surface area (Å²) in [4.78, 5) is 2.09. The molecule has 0 spiro atoms. The van der Waals surface area contributed by atoms with Gasteiger partial charge in [0.2, 0.25) is 10.0 Å². The molecule has 0 amide bonds. The molecule has 0 saturated carbocycles. The number of benzene rings is 2. The van der Waals surface area contributed by atoms with Crippen LogP contribution in [0.25, 0.3) is 0 Å². The lowest BCUT2D eigenvalue weighted by Gasteiger charge is -2.30. The van der Waals surface area contributed by atoms with Crippen LogP contribution in [0.5, 0.6) is 0 Å². The van der Waals surface area contributed by atoms with Crippen molar-refractivity contribution in [1.29, 1.82) is 0 Å². The topological polar surface area (TPSA) is 96.0 Å². The molecule has 31 heavy (non-hydrogen) atoms. The predicted octanol–water partition coefficient (Wildman–Crippen LogP) is 2.76. The number of nitrogens with one attached hydrogen (secondary N) is 1. The molecule has 168 valence electrons. The second kappa shape index (κ2) is 8.95. The average Bonchev–Trinajstić information content (AvgIpc) is 3.30. The first-order chi connectivity index (χ1) is 14.8. The number of morpholine rings is 1. The first kappa shape index (κ1) is 22.3. The molecule has 11 heteroatoms. The molecule has 1 N–H and O–H groups in total. The van der Waals surface area contributed by atoms with Crippen molar-refractivity contribution in [2.24, 2.45) is 0 Å². The lowest BCUT2D eigenvalue weighted by Crippen LogP contribution is -2.36. The number of hydrogen-bond donors (Lipinski definition) is 1. The van der Waals surface area contributed by atoms with Crippen LogP contribution in [0.2, 0.25) is 5.02 Å². The predicted molar refractivity (Wildman–Crippen MR) is 120 cm³/mol. The van der Waals surface area contributed by atoms with Crippen molar-refractivity contribution < 1.29 is 21.6 Å². The smallest absolute Gasteiger partial charge is 0.261 e. The Bertz CT molecular complexity index is 1140. The number of rotatable bonds is 6. The van der Waals surface area contributed by atoms with Crippen LogP contribution < -0.4 is 9.62 Å².